The summed E-state index contributed by atoms with van der Waals surface area (Å²) in [5.74, 6) is 0.859. The first-order valence-electron chi connectivity index (χ1n) is 3.32. The minimum Gasteiger partial charge on any atom is -0.362 e. The van der Waals surface area contributed by atoms with E-state index in [1.54, 1.807) is 0 Å². The van der Waals surface area contributed by atoms with Gasteiger partial charge in [0.1, 0.15) is 6.23 Å². The molecule has 46 valence electrons. The third-order valence-corrected chi connectivity index (χ3v) is 1.80. The van der Waals surface area contributed by atoms with Crippen molar-refractivity contribution in [3.05, 3.63) is 0 Å². The summed E-state index contributed by atoms with van der Waals surface area (Å²) >= 11 is 0. The highest BCUT2D eigenvalue weighted by molar-refractivity contribution is 4.82. The summed E-state index contributed by atoms with van der Waals surface area (Å²) in [6.07, 6.45) is 3.17. The van der Waals surface area contributed by atoms with Gasteiger partial charge in [-0.3, -0.25) is 5.32 Å². The van der Waals surface area contributed by atoms with E-state index in [-0.39, 0.29) is 0 Å². The second-order valence-electron chi connectivity index (χ2n) is 2.58. The van der Waals surface area contributed by atoms with Crippen LogP contribution in [0.15, 0.2) is 0 Å². The van der Waals surface area contributed by atoms with Crippen LogP contribution in [0.5, 0.6) is 0 Å². The minimum absolute atomic E-state index is 0.426. The number of rotatable bonds is 1. The Balaban J connectivity index is 1.86. The second kappa shape index (κ2) is 1.71. The van der Waals surface area contributed by atoms with Crippen molar-refractivity contribution in [3.63, 3.8) is 0 Å². The maximum Gasteiger partial charge on any atom is 0.111 e. The molecule has 0 aromatic rings. The summed E-state index contributed by atoms with van der Waals surface area (Å²) < 4.78 is 5.37. The van der Waals surface area contributed by atoms with Gasteiger partial charge >= 0.3 is 0 Å². The Hall–Kier alpha value is -0.0800. The molecule has 1 saturated heterocycles. The van der Waals surface area contributed by atoms with Crippen LogP contribution in [0.3, 0.4) is 0 Å². The molecule has 1 aliphatic carbocycles. The van der Waals surface area contributed by atoms with Crippen molar-refractivity contribution in [1.29, 1.82) is 0 Å². The molecule has 0 amide bonds. The van der Waals surface area contributed by atoms with Crippen molar-refractivity contribution < 1.29 is 4.74 Å². The predicted octanol–water partition coefficient (Wildman–Crippen LogP) is 0.342. The lowest BCUT2D eigenvalue weighted by Gasteiger charge is -2.05. The third-order valence-electron chi connectivity index (χ3n) is 1.80. The molecule has 1 saturated carbocycles. The quantitative estimate of drug-likeness (QED) is 0.529. The molecule has 2 fully saturated rings. The zero-order chi connectivity index (χ0) is 5.40. The van der Waals surface area contributed by atoms with Crippen molar-refractivity contribution in [2.75, 3.05) is 13.2 Å². The molecule has 2 rings (SSSR count). The zero-order valence-electron chi connectivity index (χ0n) is 4.89. The van der Waals surface area contributed by atoms with Crippen LogP contribution < -0.4 is 5.32 Å². The highest BCUT2D eigenvalue weighted by Gasteiger charge is 2.33. The van der Waals surface area contributed by atoms with Crippen LogP contribution in [0.2, 0.25) is 0 Å². The summed E-state index contributed by atoms with van der Waals surface area (Å²) in [4.78, 5) is 0. The monoisotopic (exact) mass is 113 g/mol. The molecule has 0 aromatic heterocycles. The van der Waals surface area contributed by atoms with Crippen LogP contribution in [0.4, 0.5) is 0 Å². The maximum absolute atomic E-state index is 5.37. The lowest BCUT2D eigenvalue weighted by molar-refractivity contribution is 0.0839. The number of hydrogen-bond donors (Lipinski definition) is 1. The van der Waals surface area contributed by atoms with Crippen LogP contribution in [0, 0.1) is 5.92 Å². The average Bonchev–Trinajstić information content (AvgIpc) is 2.49. The van der Waals surface area contributed by atoms with E-state index in [0.29, 0.717) is 6.23 Å². The molecule has 0 radical (unpaired) electrons. The Bertz CT molecular complexity index is 84.5. The second-order valence-corrected chi connectivity index (χ2v) is 2.58. The average molecular weight is 113 g/mol. The molecule has 2 heteroatoms. The fourth-order valence-electron chi connectivity index (χ4n) is 1.15. The van der Waals surface area contributed by atoms with E-state index in [1.165, 1.54) is 12.8 Å². The smallest absolute Gasteiger partial charge is 0.111 e. The van der Waals surface area contributed by atoms with Gasteiger partial charge in [0.25, 0.3) is 0 Å². The summed E-state index contributed by atoms with van der Waals surface area (Å²) in [6, 6.07) is 0. The molecular weight excluding hydrogens is 102 g/mol. The molecular formula is C6H11NO. The molecule has 0 bridgehead atoms. The number of hydrogen-bond acceptors (Lipinski definition) is 2. The van der Waals surface area contributed by atoms with E-state index in [9.17, 15) is 0 Å². The summed E-state index contributed by atoms with van der Waals surface area (Å²) in [6.45, 7) is 1.97. The molecule has 8 heavy (non-hydrogen) atoms. The van der Waals surface area contributed by atoms with Crippen molar-refractivity contribution in [2.24, 2.45) is 5.92 Å². The number of ether oxygens (including phenoxy) is 1. The fourth-order valence-corrected chi connectivity index (χ4v) is 1.15. The standard InChI is InChI=1S/C6H11NO/c1-2-5(1)6-7-3-4-8-6/h5-7H,1-4H2. The lowest BCUT2D eigenvalue weighted by atomic mass is 10.4. The first kappa shape index (κ1) is 4.77. The normalized spacial score (nSPS) is 38.2. The molecule has 1 aliphatic heterocycles. The van der Waals surface area contributed by atoms with E-state index in [0.717, 1.165) is 19.1 Å². The van der Waals surface area contributed by atoms with E-state index in [1.807, 2.05) is 0 Å². The van der Waals surface area contributed by atoms with Crippen LogP contribution in [-0.4, -0.2) is 19.4 Å². The number of nitrogens with one attached hydrogen (secondary N) is 1. The summed E-state index contributed by atoms with van der Waals surface area (Å²) in [5, 5.41) is 3.30. The summed E-state index contributed by atoms with van der Waals surface area (Å²) in [5.41, 5.74) is 0. The Morgan fingerprint density at radius 2 is 2.25 bits per heavy atom. The molecule has 2 nitrogen and oxygen atoms in total. The van der Waals surface area contributed by atoms with Crippen LogP contribution >= 0.6 is 0 Å². The molecule has 0 spiro atoms. The first-order valence-corrected chi connectivity index (χ1v) is 3.32. The van der Waals surface area contributed by atoms with E-state index >= 15 is 0 Å². The Kier molecular flexibility index (Phi) is 1.02. The van der Waals surface area contributed by atoms with Gasteiger partial charge in [-0.1, -0.05) is 0 Å². The van der Waals surface area contributed by atoms with Gasteiger partial charge in [-0.05, 0) is 18.8 Å². The van der Waals surface area contributed by atoms with Crippen LogP contribution in [0.25, 0.3) is 0 Å². The van der Waals surface area contributed by atoms with E-state index in [4.69, 9.17) is 4.74 Å². The van der Waals surface area contributed by atoms with Gasteiger partial charge in [-0.15, -0.1) is 0 Å². The largest absolute Gasteiger partial charge is 0.362 e. The highest BCUT2D eigenvalue weighted by Crippen LogP contribution is 2.33. The van der Waals surface area contributed by atoms with Crippen LogP contribution in [0.1, 0.15) is 12.8 Å². The molecule has 1 atom stereocenters. The fraction of sp³-hybridized carbons (Fsp3) is 1.00. The van der Waals surface area contributed by atoms with Crippen molar-refractivity contribution in [3.8, 4) is 0 Å². The van der Waals surface area contributed by atoms with E-state index in [2.05, 4.69) is 5.32 Å². The van der Waals surface area contributed by atoms with Gasteiger partial charge in [0.05, 0.1) is 6.61 Å². The van der Waals surface area contributed by atoms with Crippen molar-refractivity contribution in [2.45, 2.75) is 19.1 Å². The van der Waals surface area contributed by atoms with Crippen LogP contribution in [-0.2, 0) is 4.74 Å². The molecule has 2 aliphatic rings. The van der Waals surface area contributed by atoms with Gasteiger partial charge in [0, 0.05) is 6.54 Å². The van der Waals surface area contributed by atoms with Gasteiger partial charge < -0.3 is 4.74 Å². The highest BCUT2D eigenvalue weighted by atomic mass is 16.5. The Morgan fingerprint density at radius 1 is 1.38 bits per heavy atom. The third kappa shape index (κ3) is 0.740. The maximum atomic E-state index is 5.37. The van der Waals surface area contributed by atoms with Gasteiger partial charge in [0.15, 0.2) is 0 Å². The zero-order valence-corrected chi connectivity index (χ0v) is 4.89. The molecule has 1 N–H and O–H groups in total. The van der Waals surface area contributed by atoms with Gasteiger partial charge in [0.2, 0.25) is 0 Å². The molecule has 1 heterocycles. The SMILES string of the molecule is C1COC(C2CC2)N1. The van der Waals surface area contributed by atoms with Crippen molar-refractivity contribution in [1.82, 2.24) is 5.32 Å². The van der Waals surface area contributed by atoms with Gasteiger partial charge in [-0.2, -0.15) is 0 Å². The predicted molar refractivity (Wildman–Crippen MR) is 30.5 cm³/mol. The van der Waals surface area contributed by atoms with E-state index < -0.39 is 0 Å². The topological polar surface area (TPSA) is 21.3 Å². The Morgan fingerprint density at radius 3 is 2.75 bits per heavy atom. The van der Waals surface area contributed by atoms with Gasteiger partial charge in [-0.25, -0.2) is 0 Å². The first-order chi connectivity index (χ1) is 3.97. The Labute approximate surface area is 49.2 Å². The van der Waals surface area contributed by atoms with Crippen molar-refractivity contribution >= 4 is 0 Å². The summed E-state index contributed by atoms with van der Waals surface area (Å²) in [7, 11) is 0. The molecule has 0 aromatic carbocycles. The lowest BCUT2D eigenvalue weighted by Crippen LogP contribution is -2.24. The minimum atomic E-state index is 0.426. The molecule has 1 unspecified atom stereocenters.